The van der Waals surface area contributed by atoms with Crippen LogP contribution in [0.2, 0.25) is 0 Å². The molecule has 0 atom stereocenters. The summed E-state index contributed by atoms with van der Waals surface area (Å²) >= 11 is 0. The van der Waals surface area contributed by atoms with Gasteiger partial charge in [0.05, 0.1) is 0 Å². The summed E-state index contributed by atoms with van der Waals surface area (Å²) < 4.78 is 0. The summed E-state index contributed by atoms with van der Waals surface area (Å²) in [5.74, 6) is 0.493. The molecule has 0 radical (unpaired) electrons. The molecule has 0 aliphatic rings. The van der Waals surface area contributed by atoms with Crippen LogP contribution in [0.3, 0.4) is 0 Å². The Bertz CT molecular complexity index is 879. The number of phenolic OH excluding ortho intramolecular Hbond substituents is 2. The predicted molar refractivity (Wildman–Crippen MR) is 94.9 cm³/mol. The highest BCUT2D eigenvalue weighted by molar-refractivity contribution is 5.90. The number of rotatable bonds is 2. The van der Waals surface area contributed by atoms with Crippen LogP contribution in [-0.4, -0.2) is 10.2 Å². The van der Waals surface area contributed by atoms with E-state index in [9.17, 15) is 10.2 Å². The second kappa shape index (κ2) is 5.81. The third-order valence-electron chi connectivity index (χ3n) is 4.14. The van der Waals surface area contributed by atoms with E-state index in [0.717, 1.165) is 38.9 Å². The summed E-state index contributed by atoms with van der Waals surface area (Å²) in [6.07, 6.45) is 0. The lowest BCUT2D eigenvalue weighted by Gasteiger charge is -2.16. The van der Waals surface area contributed by atoms with E-state index in [1.165, 1.54) is 0 Å². The molecular weight excluding hydrogens is 284 g/mol. The van der Waals surface area contributed by atoms with E-state index in [2.05, 4.69) is 0 Å². The fourth-order valence-electron chi connectivity index (χ4n) is 2.97. The molecule has 0 bridgehead atoms. The summed E-state index contributed by atoms with van der Waals surface area (Å²) in [5.41, 5.74) is 6.67. The Morgan fingerprint density at radius 3 is 1.83 bits per heavy atom. The molecule has 0 heterocycles. The van der Waals surface area contributed by atoms with Gasteiger partial charge < -0.3 is 10.2 Å². The highest BCUT2D eigenvalue weighted by atomic mass is 16.3. The summed E-state index contributed by atoms with van der Waals surface area (Å²) in [6.45, 7) is 6.03. The number of benzene rings is 3. The van der Waals surface area contributed by atoms with E-state index in [4.69, 9.17) is 0 Å². The molecule has 116 valence electrons. The molecule has 2 N–H and O–H groups in total. The first-order valence-corrected chi connectivity index (χ1v) is 7.67. The van der Waals surface area contributed by atoms with Crippen molar-refractivity contribution in [2.24, 2.45) is 0 Å². The van der Waals surface area contributed by atoms with E-state index >= 15 is 0 Å². The minimum Gasteiger partial charge on any atom is -0.507 e. The van der Waals surface area contributed by atoms with Gasteiger partial charge in [0.2, 0.25) is 0 Å². The van der Waals surface area contributed by atoms with Gasteiger partial charge in [-0.2, -0.15) is 0 Å². The standard InChI is InChI=1S/C21H20O2/c1-13-7-9-19(22)17(11-13)16-6-4-5-15(3)21(16)18-12-14(2)8-10-20(18)23/h4-12,22-23H,1-3H3. The average Bonchev–Trinajstić information content (AvgIpc) is 2.52. The SMILES string of the molecule is Cc1ccc(O)c(-c2cccc(C)c2-c2cc(C)ccc2O)c1. The van der Waals surface area contributed by atoms with Crippen LogP contribution in [0.5, 0.6) is 11.5 Å². The molecule has 0 aliphatic heterocycles. The van der Waals surface area contributed by atoms with Gasteiger partial charge >= 0.3 is 0 Å². The van der Waals surface area contributed by atoms with Crippen LogP contribution in [0.4, 0.5) is 0 Å². The predicted octanol–water partition coefficient (Wildman–Crippen LogP) is 5.36. The van der Waals surface area contributed by atoms with Crippen LogP contribution in [0.1, 0.15) is 16.7 Å². The zero-order valence-electron chi connectivity index (χ0n) is 13.6. The Morgan fingerprint density at radius 1 is 0.609 bits per heavy atom. The fourth-order valence-corrected chi connectivity index (χ4v) is 2.97. The van der Waals surface area contributed by atoms with E-state index in [0.29, 0.717) is 0 Å². The molecule has 0 amide bonds. The van der Waals surface area contributed by atoms with Gasteiger partial charge in [0, 0.05) is 11.1 Å². The molecule has 3 rings (SSSR count). The lowest BCUT2D eigenvalue weighted by atomic mass is 9.89. The quantitative estimate of drug-likeness (QED) is 0.669. The average molecular weight is 304 g/mol. The van der Waals surface area contributed by atoms with Crippen LogP contribution in [0, 0.1) is 20.8 Å². The van der Waals surface area contributed by atoms with E-state index < -0.39 is 0 Å². The number of aryl methyl sites for hydroxylation is 3. The summed E-state index contributed by atoms with van der Waals surface area (Å²) in [5, 5.41) is 20.7. The highest BCUT2D eigenvalue weighted by Crippen LogP contribution is 2.42. The molecule has 2 heteroatoms. The third-order valence-corrected chi connectivity index (χ3v) is 4.14. The van der Waals surface area contributed by atoms with Gasteiger partial charge in [-0.25, -0.2) is 0 Å². The molecule has 3 aromatic carbocycles. The Hall–Kier alpha value is -2.74. The van der Waals surface area contributed by atoms with Crippen LogP contribution >= 0.6 is 0 Å². The Balaban J connectivity index is 2.34. The molecule has 0 spiro atoms. The van der Waals surface area contributed by atoms with Gasteiger partial charge in [-0.15, -0.1) is 0 Å². The Morgan fingerprint density at radius 2 is 1.17 bits per heavy atom. The van der Waals surface area contributed by atoms with Crippen molar-refractivity contribution < 1.29 is 10.2 Å². The molecule has 0 aromatic heterocycles. The van der Waals surface area contributed by atoms with Crippen LogP contribution in [0.25, 0.3) is 22.3 Å². The topological polar surface area (TPSA) is 40.5 Å². The molecular formula is C21H20O2. The largest absolute Gasteiger partial charge is 0.507 e. The molecule has 3 aromatic rings. The first kappa shape index (κ1) is 15.2. The van der Waals surface area contributed by atoms with Gasteiger partial charge in [0.25, 0.3) is 0 Å². The highest BCUT2D eigenvalue weighted by Gasteiger charge is 2.16. The molecule has 0 fully saturated rings. The van der Waals surface area contributed by atoms with Crippen molar-refractivity contribution in [2.45, 2.75) is 20.8 Å². The van der Waals surface area contributed by atoms with Crippen LogP contribution in [0.15, 0.2) is 54.6 Å². The maximum absolute atomic E-state index is 10.3. The minimum absolute atomic E-state index is 0.245. The van der Waals surface area contributed by atoms with Crippen molar-refractivity contribution in [3.8, 4) is 33.8 Å². The van der Waals surface area contributed by atoms with Crippen LogP contribution in [-0.2, 0) is 0 Å². The van der Waals surface area contributed by atoms with Crippen molar-refractivity contribution in [1.82, 2.24) is 0 Å². The first-order chi connectivity index (χ1) is 11.0. The maximum atomic E-state index is 10.3. The Kier molecular flexibility index (Phi) is 3.83. The van der Waals surface area contributed by atoms with Gasteiger partial charge in [-0.05, 0) is 61.7 Å². The fraction of sp³-hybridized carbons (Fsp3) is 0.143. The third kappa shape index (κ3) is 2.80. The van der Waals surface area contributed by atoms with E-state index in [1.807, 2.05) is 63.2 Å². The maximum Gasteiger partial charge on any atom is 0.123 e. The number of hydrogen-bond acceptors (Lipinski definition) is 2. The zero-order chi connectivity index (χ0) is 16.6. The van der Waals surface area contributed by atoms with Crippen molar-refractivity contribution >= 4 is 0 Å². The van der Waals surface area contributed by atoms with E-state index in [1.54, 1.807) is 12.1 Å². The summed E-state index contributed by atoms with van der Waals surface area (Å²) in [7, 11) is 0. The number of aromatic hydroxyl groups is 2. The van der Waals surface area contributed by atoms with Gasteiger partial charge in [-0.1, -0.05) is 41.5 Å². The smallest absolute Gasteiger partial charge is 0.123 e. The normalized spacial score (nSPS) is 10.7. The van der Waals surface area contributed by atoms with Gasteiger partial charge in [0.15, 0.2) is 0 Å². The number of phenols is 2. The lowest BCUT2D eigenvalue weighted by Crippen LogP contribution is -1.91. The molecule has 23 heavy (non-hydrogen) atoms. The molecule has 0 aliphatic carbocycles. The number of hydrogen-bond donors (Lipinski definition) is 2. The van der Waals surface area contributed by atoms with Crippen LogP contribution < -0.4 is 0 Å². The van der Waals surface area contributed by atoms with Crippen molar-refractivity contribution in [3.63, 3.8) is 0 Å². The van der Waals surface area contributed by atoms with Crippen molar-refractivity contribution in [3.05, 3.63) is 71.3 Å². The molecule has 2 nitrogen and oxygen atoms in total. The van der Waals surface area contributed by atoms with E-state index in [-0.39, 0.29) is 11.5 Å². The van der Waals surface area contributed by atoms with Gasteiger partial charge in [0.1, 0.15) is 11.5 Å². The molecule has 0 unspecified atom stereocenters. The monoisotopic (exact) mass is 304 g/mol. The first-order valence-electron chi connectivity index (χ1n) is 7.67. The summed E-state index contributed by atoms with van der Waals surface area (Å²) in [6, 6.07) is 17.1. The van der Waals surface area contributed by atoms with Gasteiger partial charge in [-0.3, -0.25) is 0 Å². The lowest BCUT2D eigenvalue weighted by molar-refractivity contribution is 0.476. The van der Waals surface area contributed by atoms with Crippen molar-refractivity contribution in [2.75, 3.05) is 0 Å². The molecule has 0 saturated carbocycles. The second-order valence-corrected chi connectivity index (χ2v) is 6.04. The van der Waals surface area contributed by atoms with Crippen molar-refractivity contribution in [1.29, 1.82) is 0 Å². The second-order valence-electron chi connectivity index (χ2n) is 6.04. The Labute approximate surface area is 136 Å². The zero-order valence-corrected chi connectivity index (χ0v) is 13.6. The summed E-state index contributed by atoms with van der Waals surface area (Å²) in [4.78, 5) is 0. The molecule has 0 saturated heterocycles. The minimum atomic E-state index is 0.245.